The van der Waals surface area contributed by atoms with Crippen LogP contribution in [0.5, 0.6) is 0 Å². The van der Waals surface area contributed by atoms with Gasteiger partial charge >= 0.3 is 0 Å². The third-order valence-corrected chi connectivity index (χ3v) is 4.13. The zero-order valence-corrected chi connectivity index (χ0v) is 11.6. The first kappa shape index (κ1) is 13.5. The van der Waals surface area contributed by atoms with Crippen molar-refractivity contribution in [3.05, 3.63) is 17.7 Å². The predicted molar refractivity (Wildman–Crippen MR) is 71.1 cm³/mol. The van der Waals surface area contributed by atoms with Gasteiger partial charge in [0.1, 0.15) is 5.60 Å². The molecule has 0 aromatic carbocycles. The van der Waals surface area contributed by atoms with E-state index in [0.717, 1.165) is 17.8 Å². The van der Waals surface area contributed by atoms with Crippen molar-refractivity contribution < 1.29 is 14.3 Å². The number of nitrogens with zero attached hydrogens (tertiary/aromatic N) is 1. The van der Waals surface area contributed by atoms with Crippen LogP contribution in [0.4, 0.5) is 0 Å². The van der Waals surface area contributed by atoms with E-state index in [1.807, 2.05) is 0 Å². The highest BCUT2D eigenvalue weighted by Gasteiger charge is 2.36. The van der Waals surface area contributed by atoms with Gasteiger partial charge in [-0.2, -0.15) is 0 Å². The van der Waals surface area contributed by atoms with E-state index in [1.165, 1.54) is 0 Å². The van der Waals surface area contributed by atoms with Crippen LogP contribution in [-0.4, -0.2) is 54.4 Å². The molecule has 1 saturated heterocycles. The van der Waals surface area contributed by atoms with Crippen LogP contribution in [0.25, 0.3) is 0 Å². The van der Waals surface area contributed by atoms with Gasteiger partial charge in [0.2, 0.25) is 5.91 Å². The van der Waals surface area contributed by atoms with Crippen molar-refractivity contribution >= 4 is 5.91 Å². The molecule has 3 N–H and O–H groups in total. The van der Waals surface area contributed by atoms with Crippen LogP contribution in [0.15, 0.2) is 6.33 Å². The van der Waals surface area contributed by atoms with Crippen molar-refractivity contribution in [3.8, 4) is 0 Å². The molecule has 7 heteroatoms. The minimum absolute atomic E-state index is 0.0121. The lowest BCUT2D eigenvalue weighted by Gasteiger charge is -2.28. The van der Waals surface area contributed by atoms with Crippen molar-refractivity contribution in [2.24, 2.45) is 0 Å². The number of H-pyrrole nitrogens is 1. The van der Waals surface area contributed by atoms with E-state index >= 15 is 0 Å². The van der Waals surface area contributed by atoms with E-state index in [9.17, 15) is 4.79 Å². The number of nitrogens with one attached hydrogen (secondary N) is 3. The van der Waals surface area contributed by atoms with E-state index < -0.39 is 0 Å². The molecule has 1 fully saturated rings. The fourth-order valence-electron chi connectivity index (χ4n) is 2.69. The molecule has 1 aromatic rings. The Bertz CT molecular complexity index is 482. The second-order valence-electron chi connectivity index (χ2n) is 5.37. The summed E-state index contributed by atoms with van der Waals surface area (Å²) in [4.78, 5) is 19.5. The Labute approximate surface area is 117 Å². The van der Waals surface area contributed by atoms with Crippen LogP contribution < -0.4 is 10.6 Å². The van der Waals surface area contributed by atoms with Gasteiger partial charge in [-0.3, -0.25) is 10.1 Å². The molecule has 1 aromatic heterocycles. The highest BCUT2D eigenvalue weighted by molar-refractivity contribution is 5.82. The van der Waals surface area contributed by atoms with E-state index in [4.69, 9.17) is 9.47 Å². The van der Waals surface area contributed by atoms with Crippen LogP contribution >= 0.6 is 0 Å². The summed E-state index contributed by atoms with van der Waals surface area (Å²) in [6, 6.07) is -0.234. The van der Waals surface area contributed by atoms with Crippen LogP contribution in [0.2, 0.25) is 0 Å². The van der Waals surface area contributed by atoms with Crippen molar-refractivity contribution in [1.29, 1.82) is 0 Å². The molecule has 7 nitrogen and oxygen atoms in total. The Hall–Kier alpha value is -1.44. The average Bonchev–Trinajstić information content (AvgIpc) is 3.13. The number of aromatic amines is 1. The molecule has 0 bridgehead atoms. The van der Waals surface area contributed by atoms with Crippen LogP contribution in [0.3, 0.4) is 0 Å². The van der Waals surface area contributed by atoms with E-state index in [0.29, 0.717) is 32.7 Å². The molecule has 1 amide bonds. The monoisotopic (exact) mass is 280 g/mol. The van der Waals surface area contributed by atoms with Crippen LogP contribution in [0.1, 0.15) is 17.8 Å². The summed E-state index contributed by atoms with van der Waals surface area (Å²) in [6.45, 7) is 2.34. The summed E-state index contributed by atoms with van der Waals surface area (Å²) in [6.07, 6.45) is 3.09. The van der Waals surface area contributed by atoms with E-state index in [1.54, 1.807) is 13.4 Å². The predicted octanol–water partition coefficient (Wildman–Crippen LogP) is -0.654. The van der Waals surface area contributed by atoms with Gasteiger partial charge in [0.25, 0.3) is 0 Å². The number of amides is 1. The number of carbonyl (C=O) groups excluding carboxylic acids is 1. The summed E-state index contributed by atoms with van der Waals surface area (Å²) >= 11 is 0. The lowest BCUT2D eigenvalue weighted by atomic mass is 10.0. The Kier molecular flexibility index (Phi) is 3.73. The molecular weight excluding hydrogens is 260 g/mol. The van der Waals surface area contributed by atoms with Gasteiger partial charge in [-0.25, -0.2) is 4.98 Å². The van der Waals surface area contributed by atoms with Gasteiger partial charge in [-0.15, -0.1) is 0 Å². The standard InChI is InChI=1S/C13H20N4O3/c1-19-13(2-3-20-7-13)6-15-12(18)10-4-9-11(5-14-10)17-8-16-9/h8,10,14H,2-7H2,1H3,(H,15,18)(H,16,17). The topological polar surface area (TPSA) is 88.3 Å². The Morgan fingerprint density at radius 1 is 1.70 bits per heavy atom. The maximum atomic E-state index is 12.2. The molecule has 2 atom stereocenters. The zero-order valence-electron chi connectivity index (χ0n) is 11.6. The molecule has 2 aliphatic rings. The molecule has 2 aliphatic heterocycles. The van der Waals surface area contributed by atoms with Crippen molar-refractivity contribution in [2.75, 3.05) is 26.9 Å². The molecule has 0 spiro atoms. The fraction of sp³-hybridized carbons (Fsp3) is 0.692. The fourth-order valence-corrected chi connectivity index (χ4v) is 2.69. The third-order valence-electron chi connectivity index (χ3n) is 4.13. The number of aromatic nitrogens is 2. The van der Waals surface area contributed by atoms with Gasteiger partial charge in [0, 0.05) is 39.6 Å². The normalized spacial score (nSPS) is 29.1. The number of hydrogen-bond donors (Lipinski definition) is 3. The van der Waals surface area contributed by atoms with Gasteiger partial charge < -0.3 is 19.8 Å². The second-order valence-corrected chi connectivity index (χ2v) is 5.37. The van der Waals surface area contributed by atoms with E-state index in [-0.39, 0.29) is 17.6 Å². The molecule has 0 aliphatic carbocycles. The molecule has 110 valence electrons. The Morgan fingerprint density at radius 2 is 2.60 bits per heavy atom. The largest absolute Gasteiger partial charge is 0.378 e. The van der Waals surface area contributed by atoms with Crippen molar-refractivity contribution in [2.45, 2.75) is 31.0 Å². The quantitative estimate of drug-likeness (QED) is 0.682. The van der Waals surface area contributed by atoms with Gasteiger partial charge in [-0.05, 0) is 0 Å². The first-order valence-corrected chi connectivity index (χ1v) is 6.87. The maximum Gasteiger partial charge on any atom is 0.237 e. The third kappa shape index (κ3) is 2.56. The van der Waals surface area contributed by atoms with Crippen LogP contribution in [-0.2, 0) is 27.2 Å². The van der Waals surface area contributed by atoms with Gasteiger partial charge in [0.15, 0.2) is 0 Å². The summed E-state index contributed by atoms with van der Waals surface area (Å²) in [5, 5.41) is 6.18. The Balaban J connectivity index is 1.55. The number of ether oxygens (including phenoxy) is 2. The maximum absolute atomic E-state index is 12.2. The smallest absolute Gasteiger partial charge is 0.237 e. The summed E-state index contributed by atoms with van der Waals surface area (Å²) in [7, 11) is 1.66. The molecule has 0 saturated carbocycles. The van der Waals surface area contributed by atoms with Crippen molar-refractivity contribution in [3.63, 3.8) is 0 Å². The summed E-state index contributed by atoms with van der Waals surface area (Å²) in [5.41, 5.74) is 1.66. The molecule has 2 unspecified atom stereocenters. The van der Waals surface area contributed by atoms with Gasteiger partial charge in [0.05, 0.1) is 30.4 Å². The molecule has 0 radical (unpaired) electrons. The minimum Gasteiger partial charge on any atom is -0.378 e. The minimum atomic E-state index is -0.373. The first-order chi connectivity index (χ1) is 9.72. The number of carbonyl (C=O) groups is 1. The average molecular weight is 280 g/mol. The molecule has 3 rings (SSSR count). The molecule has 20 heavy (non-hydrogen) atoms. The Morgan fingerprint density at radius 3 is 3.35 bits per heavy atom. The summed E-state index contributed by atoms with van der Waals surface area (Å²) < 4.78 is 10.9. The number of hydrogen-bond acceptors (Lipinski definition) is 5. The molecular formula is C13H20N4O3. The SMILES string of the molecule is COC1(CNC(=O)C2Cc3nc[nH]c3CN2)CCOC1. The zero-order chi connectivity index (χ0) is 14.0. The van der Waals surface area contributed by atoms with Crippen LogP contribution in [0, 0.1) is 0 Å². The first-order valence-electron chi connectivity index (χ1n) is 6.87. The number of methoxy groups -OCH3 is 1. The second kappa shape index (κ2) is 5.51. The lowest BCUT2D eigenvalue weighted by molar-refractivity contribution is -0.125. The van der Waals surface area contributed by atoms with Gasteiger partial charge in [-0.1, -0.05) is 0 Å². The molecule has 3 heterocycles. The number of rotatable bonds is 4. The number of imidazole rings is 1. The number of fused-ring (bicyclic) bond motifs is 1. The lowest BCUT2D eigenvalue weighted by Crippen LogP contribution is -2.52. The highest BCUT2D eigenvalue weighted by atomic mass is 16.5. The van der Waals surface area contributed by atoms with Crippen molar-refractivity contribution in [1.82, 2.24) is 20.6 Å². The van der Waals surface area contributed by atoms with E-state index in [2.05, 4.69) is 20.6 Å². The summed E-state index contributed by atoms with van der Waals surface area (Å²) in [5.74, 6) is -0.0121. The highest BCUT2D eigenvalue weighted by Crippen LogP contribution is 2.21.